The fraction of sp³-hybridized carbons (Fsp3) is 0.471. The lowest BCUT2D eigenvalue weighted by atomic mass is 10.1. The summed E-state index contributed by atoms with van der Waals surface area (Å²) in [5, 5.41) is 7.48. The minimum Gasteiger partial charge on any atom is -0.319 e. The van der Waals surface area contributed by atoms with Crippen LogP contribution in [0.4, 0.5) is 5.69 Å². The molecule has 0 fully saturated rings. The number of pyridine rings is 1. The molecule has 2 aromatic rings. The van der Waals surface area contributed by atoms with E-state index in [1.807, 2.05) is 39.8 Å². The molecule has 0 unspecified atom stereocenters. The number of hydrogen-bond donors (Lipinski definition) is 1. The van der Waals surface area contributed by atoms with Crippen LogP contribution in [0, 0.1) is 20.8 Å². The highest BCUT2D eigenvalue weighted by atomic mass is 16.2. The van der Waals surface area contributed by atoms with Crippen molar-refractivity contribution in [1.82, 2.24) is 14.8 Å². The lowest BCUT2D eigenvalue weighted by molar-refractivity contribution is 0.101. The molecular formula is C17H24N4O. The molecule has 0 saturated heterocycles. The molecule has 0 spiro atoms. The van der Waals surface area contributed by atoms with Crippen molar-refractivity contribution in [2.45, 2.75) is 54.0 Å². The zero-order valence-corrected chi connectivity index (χ0v) is 14.2. The second-order valence-electron chi connectivity index (χ2n) is 5.92. The molecule has 5 nitrogen and oxygen atoms in total. The molecule has 22 heavy (non-hydrogen) atoms. The van der Waals surface area contributed by atoms with Gasteiger partial charge < -0.3 is 5.32 Å². The predicted octanol–water partition coefficient (Wildman–Crippen LogP) is 3.60. The van der Waals surface area contributed by atoms with Gasteiger partial charge in [-0.3, -0.25) is 14.5 Å². The lowest BCUT2D eigenvalue weighted by Gasteiger charge is -2.12. The first-order chi connectivity index (χ1) is 10.3. The molecule has 2 aromatic heterocycles. The third-order valence-electron chi connectivity index (χ3n) is 3.69. The van der Waals surface area contributed by atoms with E-state index < -0.39 is 0 Å². The van der Waals surface area contributed by atoms with Crippen molar-refractivity contribution in [3.8, 4) is 0 Å². The van der Waals surface area contributed by atoms with Gasteiger partial charge in [0.1, 0.15) is 5.69 Å². The lowest BCUT2D eigenvalue weighted by Crippen LogP contribution is -2.19. The Bertz CT molecular complexity index is 678. The standard InChI is InChI=1S/C17H24N4O/c1-7-21-15(9-14(20-21)10(2)3)17(22)19-16-11(4)8-12(5)18-13(16)6/h8-10H,7H2,1-6H3,(H,19,22). The summed E-state index contributed by atoms with van der Waals surface area (Å²) in [4.78, 5) is 17.0. The molecule has 5 heteroatoms. The highest BCUT2D eigenvalue weighted by Gasteiger charge is 2.18. The van der Waals surface area contributed by atoms with E-state index in [1.165, 1.54) is 0 Å². The summed E-state index contributed by atoms with van der Waals surface area (Å²) in [6.07, 6.45) is 0. The summed E-state index contributed by atoms with van der Waals surface area (Å²) in [5.41, 5.74) is 5.11. The van der Waals surface area contributed by atoms with Gasteiger partial charge in [0.25, 0.3) is 5.91 Å². The van der Waals surface area contributed by atoms with Crippen molar-refractivity contribution in [2.75, 3.05) is 5.32 Å². The van der Waals surface area contributed by atoms with E-state index in [2.05, 4.69) is 29.2 Å². The first kappa shape index (κ1) is 16.2. The smallest absolute Gasteiger partial charge is 0.273 e. The van der Waals surface area contributed by atoms with E-state index in [0.717, 1.165) is 28.3 Å². The van der Waals surface area contributed by atoms with Gasteiger partial charge in [-0.15, -0.1) is 0 Å². The molecule has 0 aliphatic carbocycles. The monoisotopic (exact) mass is 300 g/mol. The molecule has 0 aromatic carbocycles. The third-order valence-corrected chi connectivity index (χ3v) is 3.69. The number of aromatic nitrogens is 3. The Hall–Kier alpha value is -2.17. The quantitative estimate of drug-likeness (QED) is 0.938. The van der Waals surface area contributed by atoms with Crippen LogP contribution in [-0.2, 0) is 6.54 Å². The second kappa shape index (κ2) is 6.30. The van der Waals surface area contributed by atoms with Crippen molar-refractivity contribution in [2.24, 2.45) is 0 Å². The van der Waals surface area contributed by atoms with Crippen molar-refractivity contribution in [1.29, 1.82) is 0 Å². The van der Waals surface area contributed by atoms with Crippen LogP contribution in [-0.4, -0.2) is 20.7 Å². The summed E-state index contributed by atoms with van der Waals surface area (Å²) in [6, 6.07) is 3.84. The molecule has 1 N–H and O–H groups in total. The van der Waals surface area contributed by atoms with Gasteiger partial charge in [0.2, 0.25) is 0 Å². The maximum atomic E-state index is 12.6. The molecule has 0 bridgehead atoms. The molecule has 2 rings (SSSR count). The predicted molar refractivity (Wildman–Crippen MR) is 88.4 cm³/mol. The van der Waals surface area contributed by atoms with Crippen molar-refractivity contribution in [3.05, 3.63) is 40.5 Å². The van der Waals surface area contributed by atoms with Gasteiger partial charge in [0.05, 0.1) is 17.1 Å². The third kappa shape index (κ3) is 3.18. The summed E-state index contributed by atoms with van der Waals surface area (Å²) < 4.78 is 1.75. The number of rotatable bonds is 4. The molecule has 0 radical (unpaired) electrons. The normalized spacial score (nSPS) is 11.0. The number of nitrogens with one attached hydrogen (secondary N) is 1. The average Bonchev–Trinajstić information content (AvgIpc) is 2.87. The second-order valence-corrected chi connectivity index (χ2v) is 5.92. The number of hydrogen-bond acceptors (Lipinski definition) is 3. The van der Waals surface area contributed by atoms with Gasteiger partial charge in [-0.25, -0.2) is 0 Å². The number of anilines is 1. The van der Waals surface area contributed by atoms with E-state index in [-0.39, 0.29) is 5.91 Å². The van der Waals surface area contributed by atoms with Crippen molar-refractivity contribution < 1.29 is 4.79 Å². The topological polar surface area (TPSA) is 59.8 Å². The Morgan fingerprint density at radius 3 is 2.50 bits per heavy atom. The highest BCUT2D eigenvalue weighted by molar-refractivity contribution is 6.03. The van der Waals surface area contributed by atoms with Gasteiger partial charge in [-0.2, -0.15) is 5.10 Å². The van der Waals surface area contributed by atoms with E-state index in [0.29, 0.717) is 18.2 Å². The summed E-state index contributed by atoms with van der Waals surface area (Å²) in [7, 11) is 0. The molecule has 0 aliphatic rings. The Balaban J connectivity index is 2.34. The Labute approximate surface area is 131 Å². The first-order valence-electron chi connectivity index (χ1n) is 7.67. The molecule has 2 heterocycles. The van der Waals surface area contributed by atoms with Crippen LogP contribution in [0.1, 0.15) is 59.8 Å². The molecule has 0 saturated carbocycles. The minimum absolute atomic E-state index is 0.141. The SMILES string of the molecule is CCn1nc(C(C)C)cc1C(=O)Nc1c(C)cc(C)nc1C. The van der Waals surface area contributed by atoms with Gasteiger partial charge in [0, 0.05) is 12.2 Å². The maximum Gasteiger partial charge on any atom is 0.273 e. The largest absolute Gasteiger partial charge is 0.319 e. The highest BCUT2D eigenvalue weighted by Crippen LogP contribution is 2.21. The van der Waals surface area contributed by atoms with E-state index in [9.17, 15) is 4.79 Å². The number of aryl methyl sites for hydroxylation is 4. The van der Waals surface area contributed by atoms with Crippen molar-refractivity contribution in [3.63, 3.8) is 0 Å². The maximum absolute atomic E-state index is 12.6. The van der Waals surface area contributed by atoms with E-state index in [4.69, 9.17) is 0 Å². The van der Waals surface area contributed by atoms with Gasteiger partial charge in [-0.1, -0.05) is 13.8 Å². The van der Waals surface area contributed by atoms with E-state index in [1.54, 1.807) is 4.68 Å². The molecule has 0 atom stereocenters. The van der Waals surface area contributed by atoms with Crippen LogP contribution < -0.4 is 5.32 Å². The summed E-state index contributed by atoms with van der Waals surface area (Å²) in [6.45, 7) is 12.6. The zero-order valence-electron chi connectivity index (χ0n) is 14.2. The number of nitrogens with zero attached hydrogens (tertiary/aromatic N) is 3. The Morgan fingerprint density at radius 1 is 1.27 bits per heavy atom. The summed E-state index contributed by atoms with van der Waals surface area (Å²) in [5.74, 6) is 0.155. The van der Waals surface area contributed by atoms with Crippen molar-refractivity contribution >= 4 is 11.6 Å². The Morgan fingerprint density at radius 2 is 1.95 bits per heavy atom. The van der Waals surface area contributed by atoms with Crippen LogP contribution in [0.15, 0.2) is 12.1 Å². The number of amides is 1. The van der Waals surface area contributed by atoms with Crippen LogP contribution in [0.3, 0.4) is 0 Å². The minimum atomic E-state index is -0.141. The van der Waals surface area contributed by atoms with Gasteiger partial charge in [-0.05, 0) is 51.3 Å². The van der Waals surface area contributed by atoms with Crippen LogP contribution in [0.2, 0.25) is 0 Å². The zero-order chi connectivity index (χ0) is 16.4. The first-order valence-corrected chi connectivity index (χ1v) is 7.67. The molecule has 118 valence electrons. The molecule has 0 aliphatic heterocycles. The molecular weight excluding hydrogens is 276 g/mol. The fourth-order valence-electron chi connectivity index (χ4n) is 2.53. The number of carbonyl (C=O) groups is 1. The van der Waals surface area contributed by atoms with Gasteiger partial charge in [0.15, 0.2) is 0 Å². The Kier molecular flexibility index (Phi) is 4.64. The van der Waals surface area contributed by atoms with Crippen LogP contribution in [0.25, 0.3) is 0 Å². The van der Waals surface area contributed by atoms with E-state index >= 15 is 0 Å². The van der Waals surface area contributed by atoms with Crippen LogP contribution in [0.5, 0.6) is 0 Å². The van der Waals surface area contributed by atoms with Crippen LogP contribution >= 0.6 is 0 Å². The average molecular weight is 300 g/mol. The number of carbonyl (C=O) groups excluding carboxylic acids is 1. The molecule has 1 amide bonds. The van der Waals surface area contributed by atoms with Gasteiger partial charge >= 0.3 is 0 Å². The fourth-order valence-corrected chi connectivity index (χ4v) is 2.53. The summed E-state index contributed by atoms with van der Waals surface area (Å²) >= 11 is 0.